The van der Waals surface area contributed by atoms with Crippen molar-refractivity contribution in [3.05, 3.63) is 33.9 Å². The minimum atomic E-state index is -0.763. The van der Waals surface area contributed by atoms with Gasteiger partial charge in [-0.15, -0.1) is 0 Å². The fourth-order valence-corrected chi connectivity index (χ4v) is 1.28. The van der Waals surface area contributed by atoms with Crippen molar-refractivity contribution >= 4 is 11.6 Å². The van der Waals surface area contributed by atoms with Crippen LogP contribution in [0.1, 0.15) is 12.5 Å². The number of ether oxygens (including phenoxy) is 1. The molecule has 0 saturated heterocycles. The van der Waals surface area contributed by atoms with Crippen molar-refractivity contribution in [2.75, 3.05) is 0 Å². The van der Waals surface area contributed by atoms with E-state index in [1.165, 1.54) is 25.1 Å². The van der Waals surface area contributed by atoms with Gasteiger partial charge in [0.25, 0.3) is 11.6 Å². The molecule has 0 aliphatic rings. The Balaban J connectivity index is 2.84. The molecule has 17 heavy (non-hydrogen) atoms. The molecule has 1 rings (SSSR count). The van der Waals surface area contributed by atoms with Crippen LogP contribution in [0.5, 0.6) is 5.75 Å². The molecule has 3 N–H and O–H groups in total. The Morgan fingerprint density at radius 2 is 2.24 bits per heavy atom. The Kier molecular flexibility index (Phi) is 4.00. The van der Waals surface area contributed by atoms with E-state index < -0.39 is 16.9 Å². The van der Waals surface area contributed by atoms with Crippen LogP contribution in [0, 0.1) is 17.0 Å². The van der Waals surface area contributed by atoms with Crippen LogP contribution in [0.2, 0.25) is 0 Å². The predicted octanol–water partition coefficient (Wildman–Crippen LogP) is 0.660. The summed E-state index contributed by atoms with van der Waals surface area (Å²) in [5.74, 6) is 4.86. The van der Waals surface area contributed by atoms with Gasteiger partial charge in [-0.05, 0) is 26.0 Å². The van der Waals surface area contributed by atoms with Crippen molar-refractivity contribution < 1.29 is 14.5 Å². The third-order valence-corrected chi connectivity index (χ3v) is 2.19. The van der Waals surface area contributed by atoms with E-state index in [0.717, 1.165) is 0 Å². The number of nitrogens with two attached hydrogens (primary N) is 1. The van der Waals surface area contributed by atoms with Gasteiger partial charge in [-0.3, -0.25) is 20.3 Å². The maximum Gasteiger partial charge on any atom is 0.274 e. The first-order valence-corrected chi connectivity index (χ1v) is 4.88. The summed E-state index contributed by atoms with van der Waals surface area (Å²) in [5.41, 5.74) is 2.43. The molecule has 1 aromatic rings. The summed E-state index contributed by atoms with van der Waals surface area (Å²) in [5, 5.41) is 10.6. The van der Waals surface area contributed by atoms with Crippen LogP contribution in [0.15, 0.2) is 18.2 Å². The van der Waals surface area contributed by atoms with Gasteiger partial charge >= 0.3 is 0 Å². The number of hydrazine groups is 1. The molecule has 1 amide bonds. The van der Waals surface area contributed by atoms with Crippen molar-refractivity contribution in [1.29, 1.82) is 0 Å². The van der Waals surface area contributed by atoms with Gasteiger partial charge in [0.05, 0.1) is 4.92 Å². The van der Waals surface area contributed by atoms with Crippen molar-refractivity contribution in [1.82, 2.24) is 5.43 Å². The zero-order chi connectivity index (χ0) is 13.0. The summed E-state index contributed by atoms with van der Waals surface area (Å²) in [6.45, 7) is 3.12. The lowest BCUT2D eigenvalue weighted by molar-refractivity contribution is -0.385. The number of rotatable bonds is 4. The van der Waals surface area contributed by atoms with E-state index in [0.29, 0.717) is 11.3 Å². The molecule has 7 nitrogen and oxygen atoms in total. The van der Waals surface area contributed by atoms with Crippen LogP contribution in [0.3, 0.4) is 0 Å². The fraction of sp³-hybridized carbons (Fsp3) is 0.300. The van der Waals surface area contributed by atoms with Gasteiger partial charge in [0.1, 0.15) is 5.75 Å². The first-order chi connectivity index (χ1) is 7.95. The van der Waals surface area contributed by atoms with Crippen LogP contribution < -0.4 is 16.0 Å². The summed E-state index contributed by atoms with van der Waals surface area (Å²) in [6.07, 6.45) is -0.763. The van der Waals surface area contributed by atoms with Gasteiger partial charge in [-0.25, -0.2) is 5.84 Å². The zero-order valence-corrected chi connectivity index (χ0v) is 9.47. The number of nitro benzene ring substituents is 1. The van der Waals surface area contributed by atoms with Crippen molar-refractivity contribution in [2.45, 2.75) is 20.0 Å². The number of nitrogens with zero attached hydrogens (tertiary/aromatic N) is 1. The van der Waals surface area contributed by atoms with E-state index in [4.69, 9.17) is 10.6 Å². The van der Waals surface area contributed by atoms with Crippen LogP contribution in [0.25, 0.3) is 0 Å². The van der Waals surface area contributed by atoms with Crippen molar-refractivity contribution in [3.8, 4) is 5.75 Å². The highest BCUT2D eigenvalue weighted by Gasteiger charge is 2.15. The fourth-order valence-electron chi connectivity index (χ4n) is 1.28. The van der Waals surface area contributed by atoms with Crippen molar-refractivity contribution in [3.63, 3.8) is 0 Å². The van der Waals surface area contributed by atoms with E-state index in [-0.39, 0.29) is 5.69 Å². The molecular formula is C10H13N3O4. The molecular weight excluding hydrogens is 226 g/mol. The molecule has 7 heteroatoms. The summed E-state index contributed by atoms with van der Waals surface area (Å²) in [6, 6.07) is 4.27. The molecule has 0 radical (unpaired) electrons. The first kappa shape index (κ1) is 12.9. The monoisotopic (exact) mass is 239 g/mol. The number of nitrogens with one attached hydrogen (secondary N) is 1. The Hall–Kier alpha value is -2.15. The number of nitro groups is 1. The van der Waals surface area contributed by atoms with Gasteiger partial charge in [0.2, 0.25) is 0 Å². The molecule has 0 spiro atoms. The molecule has 0 fully saturated rings. The van der Waals surface area contributed by atoms with Gasteiger partial charge in [-0.2, -0.15) is 0 Å². The van der Waals surface area contributed by atoms with Gasteiger partial charge in [-0.1, -0.05) is 0 Å². The normalized spacial score (nSPS) is 11.7. The van der Waals surface area contributed by atoms with E-state index >= 15 is 0 Å². The average Bonchev–Trinajstić information content (AvgIpc) is 2.27. The predicted molar refractivity (Wildman–Crippen MR) is 60.3 cm³/mol. The van der Waals surface area contributed by atoms with Gasteiger partial charge in [0, 0.05) is 11.6 Å². The Morgan fingerprint density at radius 3 is 2.71 bits per heavy atom. The quantitative estimate of drug-likeness (QED) is 0.347. The maximum atomic E-state index is 11.1. The van der Waals surface area contributed by atoms with Crippen LogP contribution in [-0.4, -0.2) is 16.9 Å². The Bertz CT molecular complexity index is 447. The first-order valence-electron chi connectivity index (χ1n) is 4.88. The average molecular weight is 239 g/mol. The third kappa shape index (κ3) is 3.15. The number of carbonyl (C=O) groups excluding carboxylic acids is 1. The highest BCUT2D eigenvalue weighted by molar-refractivity contribution is 5.80. The second-order valence-corrected chi connectivity index (χ2v) is 3.47. The molecule has 0 bridgehead atoms. The summed E-state index contributed by atoms with van der Waals surface area (Å²) < 4.78 is 5.27. The second-order valence-electron chi connectivity index (χ2n) is 3.47. The van der Waals surface area contributed by atoms with Crippen LogP contribution in [-0.2, 0) is 4.79 Å². The minimum Gasteiger partial charge on any atom is -0.481 e. The number of benzene rings is 1. The highest BCUT2D eigenvalue weighted by atomic mass is 16.6. The molecule has 92 valence electrons. The lowest BCUT2D eigenvalue weighted by atomic mass is 10.2. The standard InChI is InChI=1S/C10H13N3O4/c1-6-5-8(3-4-9(6)13(15)16)17-7(2)10(14)12-11/h3-5,7H,11H2,1-2H3,(H,12,14)/t7-/m0/s1. The Labute approximate surface area is 97.7 Å². The number of carbonyl (C=O) groups is 1. The summed E-state index contributed by atoms with van der Waals surface area (Å²) in [4.78, 5) is 21.2. The molecule has 0 saturated carbocycles. The number of amides is 1. The van der Waals surface area contributed by atoms with Gasteiger partial charge in [0.15, 0.2) is 6.10 Å². The third-order valence-electron chi connectivity index (χ3n) is 2.19. The number of hydrogen-bond donors (Lipinski definition) is 2. The molecule has 0 aromatic heterocycles. The summed E-state index contributed by atoms with van der Waals surface area (Å²) in [7, 11) is 0. The molecule has 0 aliphatic heterocycles. The number of aryl methyl sites for hydroxylation is 1. The molecule has 0 heterocycles. The summed E-state index contributed by atoms with van der Waals surface area (Å²) >= 11 is 0. The molecule has 1 atom stereocenters. The molecule has 0 aliphatic carbocycles. The topological polar surface area (TPSA) is 107 Å². The van der Waals surface area contributed by atoms with E-state index in [1.807, 2.05) is 5.43 Å². The second kappa shape index (κ2) is 5.26. The smallest absolute Gasteiger partial charge is 0.274 e. The SMILES string of the molecule is Cc1cc(O[C@@H](C)C(=O)NN)ccc1[N+](=O)[O-]. The number of hydrogen-bond acceptors (Lipinski definition) is 5. The van der Waals surface area contributed by atoms with E-state index in [2.05, 4.69) is 0 Å². The molecule has 0 unspecified atom stereocenters. The van der Waals surface area contributed by atoms with E-state index in [1.54, 1.807) is 6.92 Å². The van der Waals surface area contributed by atoms with Gasteiger partial charge < -0.3 is 4.74 Å². The van der Waals surface area contributed by atoms with Crippen LogP contribution >= 0.6 is 0 Å². The Morgan fingerprint density at radius 1 is 1.59 bits per heavy atom. The minimum absolute atomic E-state index is 0.00767. The van der Waals surface area contributed by atoms with Crippen LogP contribution in [0.4, 0.5) is 5.69 Å². The lowest BCUT2D eigenvalue weighted by Gasteiger charge is -2.13. The van der Waals surface area contributed by atoms with Crippen molar-refractivity contribution in [2.24, 2.45) is 5.84 Å². The maximum absolute atomic E-state index is 11.1. The molecule has 1 aromatic carbocycles. The van der Waals surface area contributed by atoms with E-state index in [9.17, 15) is 14.9 Å². The lowest BCUT2D eigenvalue weighted by Crippen LogP contribution is -2.40. The highest BCUT2D eigenvalue weighted by Crippen LogP contribution is 2.23. The zero-order valence-electron chi connectivity index (χ0n) is 9.47. The largest absolute Gasteiger partial charge is 0.481 e.